The Labute approximate surface area is 121 Å². The van der Waals surface area contributed by atoms with Crippen molar-refractivity contribution in [3.05, 3.63) is 34.9 Å². The van der Waals surface area contributed by atoms with E-state index in [-0.39, 0.29) is 5.60 Å². The lowest BCUT2D eigenvalue weighted by Gasteiger charge is -2.39. The van der Waals surface area contributed by atoms with E-state index >= 15 is 0 Å². The van der Waals surface area contributed by atoms with Crippen molar-refractivity contribution in [2.24, 2.45) is 0 Å². The first kappa shape index (κ1) is 12.9. The lowest BCUT2D eigenvalue weighted by atomic mass is 10.1. The van der Waals surface area contributed by atoms with E-state index in [2.05, 4.69) is 57.9 Å². The molecule has 1 aromatic carbocycles. The van der Waals surface area contributed by atoms with E-state index in [1.807, 2.05) is 12.3 Å². The van der Waals surface area contributed by atoms with Gasteiger partial charge in [-0.15, -0.1) is 0 Å². The van der Waals surface area contributed by atoms with Crippen molar-refractivity contribution in [1.29, 1.82) is 0 Å². The number of fused-ring (bicyclic) bond motifs is 1. The number of morpholine rings is 1. The van der Waals surface area contributed by atoms with Gasteiger partial charge in [0.15, 0.2) is 0 Å². The van der Waals surface area contributed by atoms with E-state index in [0.717, 1.165) is 29.7 Å². The van der Waals surface area contributed by atoms with Crippen molar-refractivity contribution < 1.29 is 4.74 Å². The van der Waals surface area contributed by atoms with E-state index < -0.39 is 0 Å². The van der Waals surface area contributed by atoms with Gasteiger partial charge in [-0.05, 0) is 41.9 Å². The molecule has 0 N–H and O–H groups in total. The monoisotopic (exact) mass is 320 g/mol. The fraction of sp³-hybridized carbons (Fsp3) is 0.400. The van der Waals surface area contributed by atoms with Crippen LogP contribution in [0.1, 0.15) is 13.8 Å². The van der Waals surface area contributed by atoms with Crippen LogP contribution in [-0.2, 0) is 4.74 Å². The van der Waals surface area contributed by atoms with Crippen molar-refractivity contribution in [3.63, 3.8) is 0 Å². The molecule has 1 aromatic heterocycles. The molecule has 2 heterocycles. The van der Waals surface area contributed by atoms with E-state index in [1.165, 1.54) is 11.1 Å². The van der Waals surface area contributed by atoms with Crippen LogP contribution in [0.5, 0.6) is 0 Å². The Hall–Kier alpha value is -1.13. The van der Waals surface area contributed by atoms with Gasteiger partial charge in [0.2, 0.25) is 0 Å². The fourth-order valence-electron chi connectivity index (χ4n) is 2.62. The van der Waals surface area contributed by atoms with Crippen LogP contribution in [-0.4, -0.2) is 30.3 Å². The van der Waals surface area contributed by atoms with Crippen LogP contribution >= 0.6 is 15.9 Å². The third kappa shape index (κ3) is 2.47. The summed E-state index contributed by atoms with van der Waals surface area (Å²) in [6.45, 7) is 6.87. The molecular weight excluding hydrogens is 304 g/mol. The minimum absolute atomic E-state index is 0.0974. The van der Waals surface area contributed by atoms with Crippen LogP contribution in [0.15, 0.2) is 34.9 Å². The minimum atomic E-state index is -0.0974. The molecular formula is C15H17BrN2O. The Morgan fingerprint density at radius 2 is 2.16 bits per heavy atom. The van der Waals surface area contributed by atoms with Crippen molar-refractivity contribution in [2.75, 3.05) is 24.6 Å². The number of rotatable bonds is 1. The average molecular weight is 321 g/mol. The molecule has 0 saturated carbocycles. The van der Waals surface area contributed by atoms with Crippen LogP contribution in [0, 0.1) is 0 Å². The van der Waals surface area contributed by atoms with E-state index in [9.17, 15) is 0 Å². The Bertz CT molecular complexity index is 612. The molecule has 3 rings (SSSR count). The number of aromatic nitrogens is 1. The van der Waals surface area contributed by atoms with Gasteiger partial charge in [-0.2, -0.15) is 0 Å². The molecule has 0 radical (unpaired) electrons. The van der Waals surface area contributed by atoms with Crippen LogP contribution in [0.4, 0.5) is 5.69 Å². The van der Waals surface area contributed by atoms with Gasteiger partial charge in [0.05, 0.1) is 17.7 Å². The van der Waals surface area contributed by atoms with Crippen LogP contribution in [0.25, 0.3) is 10.9 Å². The highest BCUT2D eigenvalue weighted by molar-refractivity contribution is 9.10. The zero-order chi connectivity index (χ0) is 13.5. The van der Waals surface area contributed by atoms with Crippen LogP contribution in [0.2, 0.25) is 0 Å². The molecule has 4 heteroatoms. The quantitative estimate of drug-likeness (QED) is 0.802. The summed E-state index contributed by atoms with van der Waals surface area (Å²) < 4.78 is 6.83. The summed E-state index contributed by atoms with van der Waals surface area (Å²) in [7, 11) is 0. The molecule has 3 nitrogen and oxygen atoms in total. The lowest BCUT2D eigenvalue weighted by molar-refractivity contribution is -0.0276. The van der Waals surface area contributed by atoms with Crippen molar-refractivity contribution >= 4 is 32.5 Å². The minimum Gasteiger partial charge on any atom is -0.372 e. The van der Waals surface area contributed by atoms with Gasteiger partial charge >= 0.3 is 0 Å². The van der Waals surface area contributed by atoms with E-state index in [0.29, 0.717) is 0 Å². The van der Waals surface area contributed by atoms with Crippen LogP contribution < -0.4 is 4.90 Å². The number of hydrogen-bond acceptors (Lipinski definition) is 3. The summed E-state index contributed by atoms with van der Waals surface area (Å²) in [5.41, 5.74) is 2.16. The zero-order valence-corrected chi connectivity index (χ0v) is 12.8. The number of pyridine rings is 1. The number of halogens is 1. The number of hydrogen-bond donors (Lipinski definition) is 0. The van der Waals surface area contributed by atoms with E-state index in [4.69, 9.17) is 4.74 Å². The second kappa shape index (κ2) is 4.76. The average Bonchev–Trinajstić information content (AvgIpc) is 2.37. The lowest BCUT2D eigenvalue weighted by Crippen LogP contribution is -2.48. The van der Waals surface area contributed by atoms with Crippen LogP contribution in [0.3, 0.4) is 0 Å². The summed E-state index contributed by atoms with van der Waals surface area (Å²) in [5, 5.41) is 1.19. The second-order valence-corrected chi connectivity index (χ2v) is 6.35. The van der Waals surface area contributed by atoms with Gasteiger partial charge in [-0.3, -0.25) is 4.98 Å². The Morgan fingerprint density at radius 3 is 2.95 bits per heavy atom. The van der Waals surface area contributed by atoms with Crippen molar-refractivity contribution in [2.45, 2.75) is 19.4 Å². The number of para-hydroxylation sites is 1. The van der Waals surface area contributed by atoms with Gasteiger partial charge in [0.1, 0.15) is 0 Å². The first-order valence-corrected chi connectivity index (χ1v) is 7.28. The van der Waals surface area contributed by atoms with Gasteiger partial charge in [0, 0.05) is 34.8 Å². The molecule has 0 spiro atoms. The van der Waals surface area contributed by atoms with Gasteiger partial charge in [0.25, 0.3) is 0 Å². The Balaban J connectivity index is 2.08. The molecule has 1 saturated heterocycles. The van der Waals surface area contributed by atoms with E-state index in [1.54, 1.807) is 0 Å². The smallest absolute Gasteiger partial charge is 0.0864 e. The Morgan fingerprint density at radius 1 is 1.32 bits per heavy atom. The topological polar surface area (TPSA) is 25.4 Å². The summed E-state index contributed by atoms with van der Waals surface area (Å²) in [5.74, 6) is 0. The summed E-state index contributed by atoms with van der Waals surface area (Å²) in [4.78, 5) is 6.86. The zero-order valence-electron chi connectivity index (χ0n) is 11.2. The standard InChI is InChI=1S/C15H17BrN2O/c1-15(2)10-18(8-9-19-15)13-6-7-17-14-11(13)4-3-5-12(14)16/h3-7H,8-10H2,1-2H3. The van der Waals surface area contributed by atoms with Gasteiger partial charge in [-0.25, -0.2) is 0 Å². The molecule has 0 unspecified atom stereocenters. The molecule has 1 fully saturated rings. The summed E-state index contributed by atoms with van der Waals surface area (Å²) >= 11 is 3.57. The third-order valence-electron chi connectivity index (χ3n) is 3.47. The molecule has 1 aliphatic heterocycles. The highest BCUT2D eigenvalue weighted by Gasteiger charge is 2.28. The molecule has 2 aromatic rings. The molecule has 0 atom stereocenters. The highest BCUT2D eigenvalue weighted by atomic mass is 79.9. The molecule has 1 aliphatic rings. The molecule has 0 aliphatic carbocycles. The highest BCUT2D eigenvalue weighted by Crippen LogP contribution is 2.32. The maximum absolute atomic E-state index is 5.79. The first-order chi connectivity index (χ1) is 9.07. The molecule has 19 heavy (non-hydrogen) atoms. The largest absolute Gasteiger partial charge is 0.372 e. The molecule has 0 amide bonds. The number of nitrogens with zero attached hydrogens (tertiary/aromatic N) is 2. The Kier molecular flexibility index (Phi) is 3.23. The van der Waals surface area contributed by atoms with Crippen molar-refractivity contribution in [1.82, 2.24) is 4.98 Å². The predicted octanol–water partition coefficient (Wildman–Crippen LogP) is 3.61. The number of anilines is 1. The third-order valence-corrected chi connectivity index (χ3v) is 4.11. The molecule has 100 valence electrons. The summed E-state index contributed by atoms with van der Waals surface area (Å²) in [6.07, 6.45) is 1.88. The van der Waals surface area contributed by atoms with Crippen molar-refractivity contribution in [3.8, 4) is 0 Å². The number of benzene rings is 1. The molecule has 0 bridgehead atoms. The van der Waals surface area contributed by atoms with Gasteiger partial charge < -0.3 is 9.64 Å². The second-order valence-electron chi connectivity index (χ2n) is 5.50. The summed E-state index contributed by atoms with van der Waals surface area (Å²) in [6, 6.07) is 8.31. The normalized spacial score (nSPS) is 18.8. The SMILES string of the molecule is CC1(C)CN(c2ccnc3c(Br)cccc23)CCO1. The number of ether oxygens (including phenoxy) is 1. The maximum Gasteiger partial charge on any atom is 0.0864 e. The fourth-order valence-corrected chi connectivity index (χ4v) is 3.09. The maximum atomic E-state index is 5.79. The first-order valence-electron chi connectivity index (χ1n) is 6.49. The predicted molar refractivity (Wildman–Crippen MR) is 81.7 cm³/mol. The van der Waals surface area contributed by atoms with Gasteiger partial charge in [-0.1, -0.05) is 12.1 Å².